The Kier molecular flexibility index (Phi) is 4.80. The second kappa shape index (κ2) is 6.14. The first-order valence-corrected chi connectivity index (χ1v) is 5.44. The third kappa shape index (κ3) is 4.05. The van der Waals surface area contributed by atoms with Crippen LogP contribution in [0, 0.1) is 11.3 Å². The Morgan fingerprint density at radius 3 is 2.60 bits per heavy atom. The number of carbonyl (C=O) groups excluding carboxylic acids is 1. The van der Waals surface area contributed by atoms with Gasteiger partial charge in [-0.3, -0.25) is 4.79 Å². The molecule has 0 atom stereocenters. The Morgan fingerprint density at radius 2 is 2.10 bits per heavy atom. The van der Waals surface area contributed by atoms with Crippen molar-refractivity contribution in [2.75, 3.05) is 6.61 Å². The maximum absolute atomic E-state index is 12.2. The van der Waals surface area contributed by atoms with E-state index < -0.39 is 35.8 Å². The van der Waals surface area contributed by atoms with Crippen molar-refractivity contribution in [2.45, 2.75) is 19.7 Å². The van der Waals surface area contributed by atoms with E-state index in [0.717, 1.165) is 12.1 Å². The van der Waals surface area contributed by atoms with Gasteiger partial charge >= 0.3 is 12.3 Å². The highest BCUT2D eigenvalue weighted by molar-refractivity contribution is 5.74. The van der Waals surface area contributed by atoms with Gasteiger partial charge in [0.25, 0.3) is 0 Å². The average molecular weight is 289 g/mol. The lowest BCUT2D eigenvalue weighted by Gasteiger charge is -2.14. The van der Waals surface area contributed by atoms with Gasteiger partial charge in [-0.1, -0.05) is 6.07 Å². The maximum Gasteiger partial charge on any atom is 0.573 e. The Balaban J connectivity index is 3.18. The molecule has 0 aromatic heterocycles. The molecular weight excluding hydrogens is 279 g/mol. The summed E-state index contributed by atoms with van der Waals surface area (Å²) < 4.78 is 44.9. The number of halogens is 3. The van der Waals surface area contributed by atoms with Gasteiger partial charge in [-0.2, -0.15) is 5.26 Å². The summed E-state index contributed by atoms with van der Waals surface area (Å²) in [4.78, 5) is 11.3. The van der Waals surface area contributed by atoms with Crippen LogP contribution in [-0.2, 0) is 16.0 Å². The van der Waals surface area contributed by atoms with Crippen LogP contribution < -0.4 is 4.74 Å². The number of ether oxygens (including phenoxy) is 2. The number of nitrogens with zero attached hydrogens (tertiary/aromatic N) is 1. The smallest absolute Gasteiger partial charge is 0.504 e. The molecule has 0 amide bonds. The number of hydrogen-bond acceptors (Lipinski definition) is 5. The van der Waals surface area contributed by atoms with Crippen LogP contribution in [0.4, 0.5) is 13.2 Å². The Hall–Kier alpha value is -2.43. The number of alkyl halides is 3. The molecule has 0 saturated heterocycles. The van der Waals surface area contributed by atoms with E-state index in [-0.39, 0.29) is 12.2 Å². The van der Waals surface area contributed by atoms with E-state index in [4.69, 9.17) is 5.26 Å². The topological polar surface area (TPSA) is 79.6 Å². The van der Waals surface area contributed by atoms with Crippen LogP contribution in [0.25, 0.3) is 0 Å². The summed E-state index contributed by atoms with van der Waals surface area (Å²) in [5.41, 5.74) is -0.585. The molecule has 0 aliphatic rings. The van der Waals surface area contributed by atoms with E-state index >= 15 is 0 Å². The molecule has 1 N–H and O–H groups in total. The predicted octanol–water partition coefficient (Wildman–Crippen LogP) is 2.27. The van der Waals surface area contributed by atoms with Crippen molar-refractivity contribution in [2.24, 2.45) is 0 Å². The summed E-state index contributed by atoms with van der Waals surface area (Å²) >= 11 is 0. The lowest BCUT2D eigenvalue weighted by atomic mass is 10.0. The van der Waals surface area contributed by atoms with Gasteiger partial charge in [-0.05, 0) is 18.6 Å². The molecule has 0 aliphatic heterocycles. The Morgan fingerprint density at radius 1 is 1.45 bits per heavy atom. The SMILES string of the molecule is CCOC(=O)Cc1ccc(O)c(OC(F)(F)F)c1C#N. The van der Waals surface area contributed by atoms with Crippen LogP contribution in [-0.4, -0.2) is 24.0 Å². The molecule has 0 radical (unpaired) electrons. The molecule has 0 heterocycles. The third-order valence-corrected chi connectivity index (χ3v) is 2.19. The van der Waals surface area contributed by atoms with Crippen LogP contribution in [0.5, 0.6) is 11.5 Å². The van der Waals surface area contributed by atoms with Crippen LogP contribution >= 0.6 is 0 Å². The first-order valence-electron chi connectivity index (χ1n) is 5.44. The zero-order valence-corrected chi connectivity index (χ0v) is 10.3. The van der Waals surface area contributed by atoms with Crippen molar-refractivity contribution in [1.29, 1.82) is 5.26 Å². The number of nitriles is 1. The number of phenols is 1. The number of hydrogen-bond donors (Lipinski definition) is 1. The highest BCUT2D eigenvalue weighted by Gasteiger charge is 2.34. The zero-order chi connectivity index (χ0) is 15.3. The first-order chi connectivity index (χ1) is 9.28. The van der Waals surface area contributed by atoms with Gasteiger partial charge in [0.1, 0.15) is 11.6 Å². The van der Waals surface area contributed by atoms with Crippen LogP contribution in [0.2, 0.25) is 0 Å². The molecule has 1 aromatic rings. The molecule has 0 bridgehead atoms. The minimum atomic E-state index is -5.06. The maximum atomic E-state index is 12.2. The highest BCUT2D eigenvalue weighted by Crippen LogP contribution is 2.36. The fourth-order valence-corrected chi connectivity index (χ4v) is 1.47. The molecule has 108 valence electrons. The van der Waals surface area contributed by atoms with Crippen molar-refractivity contribution in [1.82, 2.24) is 0 Å². The molecule has 0 fully saturated rings. The summed E-state index contributed by atoms with van der Waals surface area (Å²) in [7, 11) is 0. The molecule has 0 aliphatic carbocycles. The second-order valence-electron chi connectivity index (χ2n) is 3.59. The van der Waals surface area contributed by atoms with Gasteiger partial charge in [0, 0.05) is 0 Å². The Bertz CT molecular complexity index is 549. The lowest BCUT2D eigenvalue weighted by molar-refractivity contribution is -0.275. The van der Waals surface area contributed by atoms with Gasteiger partial charge < -0.3 is 14.6 Å². The van der Waals surface area contributed by atoms with Crippen molar-refractivity contribution >= 4 is 5.97 Å². The minimum Gasteiger partial charge on any atom is -0.504 e. The summed E-state index contributed by atoms with van der Waals surface area (Å²) in [5.74, 6) is -2.57. The molecule has 1 aromatic carbocycles. The molecule has 20 heavy (non-hydrogen) atoms. The largest absolute Gasteiger partial charge is 0.573 e. The van der Waals surface area contributed by atoms with E-state index in [1.54, 1.807) is 6.92 Å². The number of esters is 1. The van der Waals surface area contributed by atoms with Crippen molar-refractivity contribution < 1.29 is 32.5 Å². The molecule has 0 saturated carbocycles. The summed E-state index contributed by atoms with van der Waals surface area (Å²) in [6.45, 7) is 1.67. The quantitative estimate of drug-likeness (QED) is 0.860. The standard InChI is InChI=1S/C12H10F3NO4/c1-2-19-10(18)5-7-3-4-9(17)11(8(7)6-16)20-12(13,14)15/h3-4,17H,2,5H2,1H3. The number of carbonyl (C=O) groups is 1. The van der Waals surface area contributed by atoms with E-state index in [1.165, 1.54) is 6.07 Å². The Labute approximate surface area is 112 Å². The first kappa shape index (κ1) is 15.6. The van der Waals surface area contributed by atoms with E-state index in [1.807, 2.05) is 0 Å². The van der Waals surface area contributed by atoms with Gasteiger partial charge in [-0.15, -0.1) is 13.2 Å². The predicted molar refractivity (Wildman–Crippen MR) is 59.8 cm³/mol. The van der Waals surface area contributed by atoms with Crippen molar-refractivity contribution in [3.8, 4) is 17.6 Å². The lowest BCUT2D eigenvalue weighted by Crippen LogP contribution is -2.18. The number of aromatic hydroxyl groups is 1. The fourth-order valence-electron chi connectivity index (χ4n) is 1.47. The van der Waals surface area contributed by atoms with Crippen LogP contribution in [0.1, 0.15) is 18.1 Å². The molecule has 1 rings (SSSR count). The third-order valence-electron chi connectivity index (χ3n) is 2.19. The van der Waals surface area contributed by atoms with Gasteiger partial charge in [-0.25, -0.2) is 0 Å². The van der Waals surface area contributed by atoms with Crippen molar-refractivity contribution in [3.63, 3.8) is 0 Å². The highest BCUT2D eigenvalue weighted by atomic mass is 19.4. The van der Waals surface area contributed by atoms with Crippen LogP contribution in [0.15, 0.2) is 12.1 Å². The second-order valence-corrected chi connectivity index (χ2v) is 3.59. The van der Waals surface area contributed by atoms with Crippen LogP contribution in [0.3, 0.4) is 0 Å². The summed E-state index contributed by atoms with van der Waals surface area (Å²) in [6.07, 6.45) is -5.46. The van der Waals surface area contributed by atoms with Gasteiger partial charge in [0.15, 0.2) is 11.5 Å². The molecule has 0 spiro atoms. The van der Waals surface area contributed by atoms with E-state index in [2.05, 4.69) is 9.47 Å². The molecule has 0 unspecified atom stereocenters. The summed E-state index contributed by atoms with van der Waals surface area (Å²) in [6, 6.07) is 3.56. The zero-order valence-electron chi connectivity index (χ0n) is 10.3. The van der Waals surface area contributed by atoms with E-state index in [0.29, 0.717) is 0 Å². The number of rotatable bonds is 4. The molecule has 5 nitrogen and oxygen atoms in total. The van der Waals surface area contributed by atoms with Crippen molar-refractivity contribution in [3.05, 3.63) is 23.3 Å². The fraction of sp³-hybridized carbons (Fsp3) is 0.333. The number of benzene rings is 1. The van der Waals surface area contributed by atoms with Gasteiger partial charge in [0.05, 0.1) is 13.0 Å². The average Bonchev–Trinajstić information content (AvgIpc) is 2.32. The number of phenolic OH excluding ortho intramolecular Hbond substituents is 1. The van der Waals surface area contributed by atoms with E-state index in [9.17, 15) is 23.1 Å². The monoisotopic (exact) mass is 289 g/mol. The summed E-state index contributed by atoms with van der Waals surface area (Å²) in [5, 5.41) is 18.3. The molecule has 8 heteroatoms. The minimum absolute atomic E-state index is 0.0250. The molecular formula is C12H10F3NO4. The van der Waals surface area contributed by atoms with Gasteiger partial charge in [0.2, 0.25) is 0 Å². The normalized spacial score (nSPS) is 10.8.